The number of esters is 1. The van der Waals surface area contributed by atoms with Crippen LogP contribution < -0.4 is 0 Å². The van der Waals surface area contributed by atoms with E-state index < -0.39 is 0 Å². The highest BCUT2D eigenvalue weighted by Gasteiger charge is 2.29. The van der Waals surface area contributed by atoms with Gasteiger partial charge in [-0.05, 0) is 6.42 Å². The van der Waals surface area contributed by atoms with Crippen molar-refractivity contribution in [2.45, 2.75) is 57.7 Å². The third kappa shape index (κ3) is 3.77. The molecule has 0 aromatic rings. The molecule has 1 saturated heterocycles. The molecule has 3 heteroatoms. The maximum Gasteiger partial charge on any atom is 0.309 e. The highest BCUT2D eigenvalue weighted by atomic mass is 16.6. The molecule has 0 aliphatic carbocycles. The molecule has 1 fully saturated rings. The van der Waals surface area contributed by atoms with Gasteiger partial charge in [0.25, 0.3) is 0 Å². The van der Waals surface area contributed by atoms with E-state index in [1.165, 1.54) is 12.8 Å². The van der Waals surface area contributed by atoms with Gasteiger partial charge in [0.1, 0.15) is 6.10 Å². The topological polar surface area (TPSA) is 46.5 Å². The van der Waals surface area contributed by atoms with E-state index in [1.54, 1.807) is 0 Å². The third-order valence-corrected chi connectivity index (χ3v) is 2.37. The van der Waals surface area contributed by atoms with Crippen molar-refractivity contribution < 1.29 is 14.6 Å². The average molecular weight is 186 g/mol. The minimum absolute atomic E-state index is 0.0101. The number of aliphatic hydroxyl groups is 1. The van der Waals surface area contributed by atoms with Crippen molar-refractivity contribution in [2.75, 3.05) is 0 Å². The summed E-state index contributed by atoms with van der Waals surface area (Å²) in [7, 11) is 0. The molecule has 0 amide bonds. The van der Waals surface area contributed by atoms with Gasteiger partial charge in [0.15, 0.2) is 0 Å². The SMILES string of the molecule is CCCCCC(O)CC1CC(=O)O1. The lowest BCUT2D eigenvalue weighted by Crippen LogP contribution is -2.35. The largest absolute Gasteiger partial charge is 0.462 e. The van der Waals surface area contributed by atoms with Crippen LogP contribution in [-0.4, -0.2) is 23.3 Å². The van der Waals surface area contributed by atoms with Crippen LogP contribution in [0, 0.1) is 0 Å². The lowest BCUT2D eigenvalue weighted by atomic mass is 10.0. The van der Waals surface area contributed by atoms with E-state index in [1.807, 2.05) is 0 Å². The van der Waals surface area contributed by atoms with E-state index >= 15 is 0 Å². The lowest BCUT2D eigenvalue weighted by Gasteiger charge is -2.27. The zero-order chi connectivity index (χ0) is 9.68. The minimum Gasteiger partial charge on any atom is -0.462 e. The highest BCUT2D eigenvalue weighted by Crippen LogP contribution is 2.20. The van der Waals surface area contributed by atoms with Crippen molar-refractivity contribution in [2.24, 2.45) is 0 Å². The molecule has 1 aliphatic rings. The molecule has 0 radical (unpaired) electrons. The number of ether oxygens (including phenoxy) is 1. The second-order valence-corrected chi connectivity index (χ2v) is 3.70. The van der Waals surface area contributed by atoms with Crippen LogP contribution in [-0.2, 0) is 9.53 Å². The smallest absolute Gasteiger partial charge is 0.309 e. The molecule has 1 aliphatic heterocycles. The van der Waals surface area contributed by atoms with Crippen LogP contribution >= 0.6 is 0 Å². The van der Waals surface area contributed by atoms with Crippen LogP contribution in [0.3, 0.4) is 0 Å². The van der Waals surface area contributed by atoms with Gasteiger partial charge in [-0.1, -0.05) is 26.2 Å². The van der Waals surface area contributed by atoms with E-state index in [4.69, 9.17) is 4.74 Å². The number of carbonyl (C=O) groups excluding carboxylic acids is 1. The second kappa shape index (κ2) is 5.22. The van der Waals surface area contributed by atoms with Gasteiger partial charge in [0, 0.05) is 6.42 Å². The molecular formula is C10H18O3. The van der Waals surface area contributed by atoms with Crippen LogP contribution in [0.15, 0.2) is 0 Å². The van der Waals surface area contributed by atoms with Gasteiger partial charge in [-0.15, -0.1) is 0 Å². The van der Waals surface area contributed by atoms with Crippen molar-refractivity contribution in [1.29, 1.82) is 0 Å². The fraction of sp³-hybridized carbons (Fsp3) is 0.900. The number of hydrogen-bond acceptors (Lipinski definition) is 3. The Kier molecular flexibility index (Phi) is 4.22. The minimum atomic E-state index is -0.287. The van der Waals surface area contributed by atoms with E-state index in [0.717, 1.165) is 12.8 Å². The Morgan fingerprint density at radius 3 is 2.85 bits per heavy atom. The molecule has 0 bridgehead atoms. The van der Waals surface area contributed by atoms with Crippen LogP contribution in [0.25, 0.3) is 0 Å². The number of aliphatic hydroxyl groups excluding tert-OH is 1. The van der Waals surface area contributed by atoms with Gasteiger partial charge in [-0.25, -0.2) is 0 Å². The molecular weight excluding hydrogens is 168 g/mol. The maximum atomic E-state index is 10.4. The maximum absolute atomic E-state index is 10.4. The number of unbranched alkanes of at least 4 members (excludes halogenated alkanes) is 2. The Bertz CT molecular complexity index is 160. The van der Waals surface area contributed by atoms with Gasteiger partial charge < -0.3 is 9.84 Å². The van der Waals surface area contributed by atoms with Gasteiger partial charge in [-0.2, -0.15) is 0 Å². The van der Waals surface area contributed by atoms with E-state index in [-0.39, 0.29) is 18.2 Å². The fourth-order valence-electron chi connectivity index (χ4n) is 1.54. The van der Waals surface area contributed by atoms with Crippen molar-refractivity contribution in [3.63, 3.8) is 0 Å². The number of cyclic esters (lactones) is 1. The number of rotatable bonds is 6. The first-order valence-electron chi connectivity index (χ1n) is 5.10. The first kappa shape index (κ1) is 10.5. The van der Waals surface area contributed by atoms with E-state index in [9.17, 15) is 9.90 Å². The Hall–Kier alpha value is -0.570. The fourth-order valence-corrected chi connectivity index (χ4v) is 1.54. The summed E-state index contributed by atoms with van der Waals surface area (Å²) < 4.78 is 4.82. The molecule has 1 N–H and O–H groups in total. The van der Waals surface area contributed by atoms with Crippen molar-refractivity contribution in [3.05, 3.63) is 0 Å². The molecule has 2 atom stereocenters. The normalized spacial score (nSPS) is 23.5. The van der Waals surface area contributed by atoms with Crippen LogP contribution in [0.1, 0.15) is 45.4 Å². The first-order valence-corrected chi connectivity index (χ1v) is 5.10. The summed E-state index contributed by atoms with van der Waals surface area (Å²) in [6.07, 6.45) is 5.06. The monoisotopic (exact) mass is 186 g/mol. The Morgan fingerprint density at radius 1 is 1.62 bits per heavy atom. The van der Waals surface area contributed by atoms with Gasteiger partial charge in [-0.3, -0.25) is 4.79 Å². The second-order valence-electron chi connectivity index (χ2n) is 3.70. The average Bonchev–Trinajstić information content (AvgIpc) is 2.02. The molecule has 1 heterocycles. The van der Waals surface area contributed by atoms with E-state index in [2.05, 4.69) is 6.92 Å². The molecule has 1 rings (SSSR count). The summed E-state index contributed by atoms with van der Waals surface area (Å²) in [5.41, 5.74) is 0. The van der Waals surface area contributed by atoms with Crippen LogP contribution in [0.4, 0.5) is 0 Å². The van der Waals surface area contributed by atoms with Gasteiger partial charge >= 0.3 is 5.97 Å². The predicted molar refractivity (Wildman–Crippen MR) is 49.3 cm³/mol. The van der Waals surface area contributed by atoms with Gasteiger partial charge in [0.2, 0.25) is 0 Å². The lowest BCUT2D eigenvalue weighted by molar-refractivity contribution is -0.171. The predicted octanol–water partition coefficient (Wildman–Crippen LogP) is 1.63. The van der Waals surface area contributed by atoms with Crippen molar-refractivity contribution >= 4 is 5.97 Å². The zero-order valence-corrected chi connectivity index (χ0v) is 8.16. The van der Waals surface area contributed by atoms with Crippen molar-refractivity contribution in [3.8, 4) is 0 Å². The molecule has 0 saturated carbocycles. The Labute approximate surface area is 79.1 Å². The van der Waals surface area contributed by atoms with Crippen LogP contribution in [0.2, 0.25) is 0 Å². The Balaban J connectivity index is 1.97. The summed E-state index contributed by atoms with van der Waals surface area (Å²) in [4.78, 5) is 10.4. The molecule has 13 heavy (non-hydrogen) atoms. The van der Waals surface area contributed by atoms with Crippen LogP contribution in [0.5, 0.6) is 0 Å². The van der Waals surface area contributed by atoms with E-state index in [0.29, 0.717) is 12.8 Å². The quantitative estimate of drug-likeness (QED) is 0.506. The molecule has 2 unspecified atom stereocenters. The standard InChI is InChI=1S/C10H18O3/c1-2-3-4-5-8(11)6-9-7-10(12)13-9/h8-9,11H,2-7H2,1H3. The molecule has 0 spiro atoms. The summed E-state index contributed by atoms with van der Waals surface area (Å²) in [6.45, 7) is 2.14. The summed E-state index contributed by atoms with van der Waals surface area (Å²) in [5.74, 6) is -0.134. The zero-order valence-electron chi connectivity index (χ0n) is 8.16. The number of carbonyl (C=O) groups is 1. The van der Waals surface area contributed by atoms with Crippen molar-refractivity contribution in [1.82, 2.24) is 0 Å². The summed E-state index contributed by atoms with van der Waals surface area (Å²) >= 11 is 0. The summed E-state index contributed by atoms with van der Waals surface area (Å²) in [5, 5.41) is 9.51. The molecule has 0 aromatic carbocycles. The number of hydrogen-bond donors (Lipinski definition) is 1. The van der Waals surface area contributed by atoms with Gasteiger partial charge in [0.05, 0.1) is 12.5 Å². The molecule has 3 nitrogen and oxygen atoms in total. The first-order chi connectivity index (χ1) is 6.22. The molecule has 0 aromatic heterocycles. The third-order valence-electron chi connectivity index (χ3n) is 2.37. The summed E-state index contributed by atoms with van der Waals surface area (Å²) in [6, 6.07) is 0. The Morgan fingerprint density at radius 2 is 2.31 bits per heavy atom. The molecule has 76 valence electrons. The highest BCUT2D eigenvalue weighted by molar-refractivity contribution is 5.75.